The fraction of sp³-hybridized carbons (Fsp3) is 0. The number of hydrogen-bond donors (Lipinski definition) is 1. The van der Waals surface area contributed by atoms with Gasteiger partial charge in [0.05, 0.1) is 11.4 Å². The van der Waals surface area contributed by atoms with Gasteiger partial charge in [-0.2, -0.15) is 13.5 Å². The van der Waals surface area contributed by atoms with Crippen LogP contribution in [0.15, 0.2) is 105 Å². The van der Waals surface area contributed by atoms with Gasteiger partial charge in [-0.05, 0) is 48.6 Å². The lowest BCUT2D eigenvalue weighted by Crippen LogP contribution is -2.23. The molecular weight excluding hydrogens is 450 g/mol. The summed E-state index contributed by atoms with van der Waals surface area (Å²) < 4.78 is 30.6. The first-order chi connectivity index (χ1) is 15.5. The molecule has 0 radical (unpaired) electrons. The van der Waals surface area contributed by atoms with E-state index in [0.29, 0.717) is 16.9 Å². The smallest absolute Gasteiger partial charge is 0.266 e. The SMILES string of the molecule is O=c1c(-c2ccccc2)n[nH]c(=S)n1-c1ccc(S(=O)(=O)ON=Nc2ccccc2)cc1. The Morgan fingerprint density at radius 2 is 1.53 bits per heavy atom. The van der Waals surface area contributed by atoms with E-state index in [0.717, 1.165) is 0 Å². The van der Waals surface area contributed by atoms with Crippen molar-refractivity contribution in [2.75, 3.05) is 0 Å². The average Bonchev–Trinajstić information content (AvgIpc) is 2.81. The molecule has 0 aliphatic carbocycles. The number of H-pyrrole nitrogens is 1. The van der Waals surface area contributed by atoms with Crippen LogP contribution in [-0.4, -0.2) is 23.2 Å². The van der Waals surface area contributed by atoms with Gasteiger partial charge in [0.2, 0.25) is 4.77 Å². The minimum absolute atomic E-state index is 0.0678. The van der Waals surface area contributed by atoms with Crippen molar-refractivity contribution in [2.45, 2.75) is 4.90 Å². The first-order valence-corrected chi connectivity index (χ1v) is 11.0. The van der Waals surface area contributed by atoms with Gasteiger partial charge in [0.1, 0.15) is 4.90 Å². The Labute approximate surface area is 187 Å². The summed E-state index contributed by atoms with van der Waals surface area (Å²) in [5.41, 5.74) is 1.16. The van der Waals surface area contributed by atoms with Gasteiger partial charge in [-0.25, -0.2) is 4.28 Å². The van der Waals surface area contributed by atoms with E-state index in [-0.39, 0.29) is 15.4 Å². The second-order valence-electron chi connectivity index (χ2n) is 6.42. The van der Waals surface area contributed by atoms with Gasteiger partial charge in [0.25, 0.3) is 5.56 Å². The maximum absolute atomic E-state index is 13.0. The number of nitrogens with one attached hydrogen (secondary N) is 1. The molecule has 0 unspecified atom stereocenters. The van der Waals surface area contributed by atoms with E-state index in [4.69, 9.17) is 12.2 Å². The molecule has 32 heavy (non-hydrogen) atoms. The summed E-state index contributed by atoms with van der Waals surface area (Å²) in [6.07, 6.45) is 0. The Kier molecular flexibility index (Phi) is 6.01. The van der Waals surface area contributed by atoms with Gasteiger partial charge in [0.15, 0.2) is 5.69 Å². The van der Waals surface area contributed by atoms with Crippen LogP contribution in [0, 0.1) is 4.77 Å². The van der Waals surface area contributed by atoms with Crippen molar-refractivity contribution in [3.8, 4) is 16.9 Å². The molecule has 4 rings (SSSR count). The fourth-order valence-corrected chi connectivity index (χ4v) is 3.74. The molecule has 0 fully saturated rings. The number of benzene rings is 3. The Morgan fingerprint density at radius 3 is 2.19 bits per heavy atom. The average molecular weight is 466 g/mol. The zero-order valence-corrected chi connectivity index (χ0v) is 18.0. The van der Waals surface area contributed by atoms with Crippen LogP contribution in [0.4, 0.5) is 5.69 Å². The van der Waals surface area contributed by atoms with Crippen LogP contribution < -0.4 is 5.56 Å². The van der Waals surface area contributed by atoms with Crippen molar-refractivity contribution in [1.29, 1.82) is 0 Å². The van der Waals surface area contributed by atoms with E-state index >= 15 is 0 Å². The van der Waals surface area contributed by atoms with Crippen LogP contribution in [0.2, 0.25) is 0 Å². The minimum atomic E-state index is -4.19. The maximum atomic E-state index is 13.0. The highest BCUT2D eigenvalue weighted by atomic mass is 32.2. The number of nitrogens with zero attached hydrogens (tertiary/aromatic N) is 4. The molecule has 0 spiro atoms. The highest BCUT2D eigenvalue weighted by Gasteiger charge is 2.17. The van der Waals surface area contributed by atoms with Crippen molar-refractivity contribution in [1.82, 2.24) is 14.8 Å². The number of hydrogen-bond acceptors (Lipinski definition) is 8. The summed E-state index contributed by atoms with van der Waals surface area (Å²) >= 11 is 5.22. The molecule has 160 valence electrons. The van der Waals surface area contributed by atoms with Crippen LogP contribution in [0.1, 0.15) is 0 Å². The Bertz CT molecular complexity index is 1480. The van der Waals surface area contributed by atoms with E-state index in [2.05, 4.69) is 24.9 Å². The highest BCUT2D eigenvalue weighted by molar-refractivity contribution is 7.86. The topological polar surface area (TPSA) is 119 Å². The zero-order chi connectivity index (χ0) is 22.6. The maximum Gasteiger partial charge on any atom is 0.359 e. The predicted octanol–water partition coefficient (Wildman–Crippen LogP) is 4.36. The van der Waals surface area contributed by atoms with Gasteiger partial charge in [-0.15, -0.1) is 5.11 Å². The van der Waals surface area contributed by atoms with Crippen molar-refractivity contribution in [2.24, 2.45) is 10.4 Å². The molecule has 0 aliphatic heterocycles. The highest BCUT2D eigenvalue weighted by Crippen LogP contribution is 2.18. The van der Waals surface area contributed by atoms with Crippen molar-refractivity contribution in [3.05, 3.63) is 100 Å². The van der Waals surface area contributed by atoms with Gasteiger partial charge in [-0.3, -0.25) is 14.5 Å². The van der Waals surface area contributed by atoms with Crippen molar-refractivity contribution < 1.29 is 12.7 Å². The molecule has 0 saturated carbocycles. The molecule has 1 aromatic heterocycles. The first kappa shape index (κ1) is 21.3. The predicted molar refractivity (Wildman–Crippen MR) is 120 cm³/mol. The third-order valence-corrected chi connectivity index (χ3v) is 5.73. The number of aromatic amines is 1. The summed E-state index contributed by atoms with van der Waals surface area (Å²) in [4.78, 5) is 12.8. The normalized spacial score (nSPS) is 11.5. The number of aromatic nitrogens is 3. The van der Waals surface area contributed by atoms with E-state index in [1.165, 1.54) is 28.8 Å². The minimum Gasteiger partial charge on any atom is -0.266 e. The van der Waals surface area contributed by atoms with Crippen molar-refractivity contribution >= 4 is 28.0 Å². The lowest BCUT2D eigenvalue weighted by Gasteiger charge is -2.09. The van der Waals surface area contributed by atoms with E-state index in [9.17, 15) is 13.2 Å². The molecule has 0 saturated heterocycles. The van der Waals surface area contributed by atoms with Gasteiger partial charge < -0.3 is 0 Å². The van der Waals surface area contributed by atoms with Crippen LogP contribution >= 0.6 is 12.2 Å². The third kappa shape index (κ3) is 4.53. The summed E-state index contributed by atoms with van der Waals surface area (Å²) in [6.45, 7) is 0. The van der Waals surface area contributed by atoms with E-state index < -0.39 is 15.7 Å². The molecule has 1 N–H and O–H groups in total. The van der Waals surface area contributed by atoms with Crippen LogP contribution in [0.25, 0.3) is 16.9 Å². The molecule has 0 amide bonds. The van der Waals surface area contributed by atoms with Crippen LogP contribution in [0.3, 0.4) is 0 Å². The number of rotatable bonds is 6. The lowest BCUT2D eigenvalue weighted by molar-refractivity contribution is 0.314. The van der Waals surface area contributed by atoms with Crippen LogP contribution in [0.5, 0.6) is 0 Å². The molecule has 0 atom stereocenters. The Balaban J connectivity index is 1.62. The van der Waals surface area contributed by atoms with E-state index in [1.807, 2.05) is 6.07 Å². The Morgan fingerprint density at radius 1 is 0.906 bits per heavy atom. The first-order valence-electron chi connectivity index (χ1n) is 9.23. The molecule has 4 aromatic rings. The lowest BCUT2D eigenvalue weighted by atomic mass is 10.2. The summed E-state index contributed by atoms with van der Waals surface area (Å²) in [7, 11) is -4.19. The largest absolute Gasteiger partial charge is 0.359 e. The second kappa shape index (κ2) is 9.04. The van der Waals surface area contributed by atoms with Crippen molar-refractivity contribution in [3.63, 3.8) is 0 Å². The molecular formula is C21H15N5O4S2. The monoisotopic (exact) mass is 465 g/mol. The van der Waals surface area contributed by atoms with Gasteiger partial charge in [-0.1, -0.05) is 48.5 Å². The molecule has 3 aromatic carbocycles. The second-order valence-corrected chi connectivity index (χ2v) is 8.34. The molecule has 0 bridgehead atoms. The standard InChI is InChI=1S/C21H15N5O4S2/c27-20-19(15-7-3-1-4-8-15)23-24-21(31)26(20)17-11-13-18(14-12-17)32(28,29)30-25-22-16-9-5-2-6-10-16/h1-14H,(H,24,31). The molecule has 1 heterocycles. The quantitative estimate of drug-likeness (QED) is 0.257. The van der Waals surface area contributed by atoms with Crippen LogP contribution in [-0.2, 0) is 14.4 Å². The molecule has 9 nitrogen and oxygen atoms in total. The van der Waals surface area contributed by atoms with E-state index in [1.54, 1.807) is 54.6 Å². The summed E-state index contributed by atoms with van der Waals surface area (Å²) in [5.74, 6) is 0. The fourth-order valence-electron chi connectivity index (χ4n) is 2.83. The van der Waals surface area contributed by atoms with Gasteiger partial charge >= 0.3 is 10.1 Å². The zero-order valence-electron chi connectivity index (χ0n) is 16.3. The summed E-state index contributed by atoms with van der Waals surface area (Å²) in [6, 6.07) is 22.9. The summed E-state index contributed by atoms with van der Waals surface area (Å²) in [5, 5.41) is 13.7. The van der Waals surface area contributed by atoms with Gasteiger partial charge in [0, 0.05) is 10.8 Å². The molecule has 11 heteroatoms. The Hall–Kier alpha value is -3.96. The molecule has 0 aliphatic rings. The third-order valence-electron chi connectivity index (χ3n) is 4.35.